The second-order valence-corrected chi connectivity index (χ2v) is 5.86. The van der Waals surface area contributed by atoms with E-state index in [0.717, 1.165) is 5.56 Å². The van der Waals surface area contributed by atoms with Gasteiger partial charge in [-0.2, -0.15) is 5.10 Å². The molecule has 0 aliphatic heterocycles. The highest BCUT2D eigenvalue weighted by atomic mass is 35.5. The molecule has 0 atom stereocenters. The molecule has 24 heavy (non-hydrogen) atoms. The van der Waals surface area contributed by atoms with Gasteiger partial charge in [0.15, 0.2) is 5.82 Å². The molecule has 2 N–H and O–H groups in total. The molecule has 3 rings (SSSR count). The van der Waals surface area contributed by atoms with Crippen molar-refractivity contribution in [2.45, 2.75) is 6.42 Å². The van der Waals surface area contributed by atoms with Gasteiger partial charge < -0.3 is 5.32 Å². The van der Waals surface area contributed by atoms with Gasteiger partial charge >= 0.3 is 0 Å². The number of H-pyrrole nitrogens is 1. The Bertz CT molecular complexity index is 849. The van der Waals surface area contributed by atoms with Crippen molar-refractivity contribution in [1.82, 2.24) is 20.5 Å². The van der Waals surface area contributed by atoms with Crippen molar-refractivity contribution in [2.75, 3.05) is 6.54 Å². The number of aromatic nitrogens is 3. The fraction of sp³-hybridized carbons (Fsp3) is 0.118. The van der Waals surface area contributed by atoms with E-state index in [0.29, 0.717) is 35.2 Å². The van der Waals surface area contributed by atoms with Crippen molar-refractivity contribution in [3.8, 4) is 11.4 Å². The van der Waals surface area contributed by atoms with Crippen LogP contribution in [-0.4, -0.2) is 27.6 Å². The minimum atomic E-state index is -0.273. The van der Waals surface area contributed by atoms with Crippen molar-refractivity contribution in [3.05, 3.63) is 70.0 Å². The highest BCUT2D eigenvalue weighted by molar-refractivity contribution is 6.43. The third-order valence-corrected chi connectivity index (χ3v) is 4.23. The smallest absolute Gasteiger partial charge is 0.252 e. The second kappa shape index (κ2) is 7.47. The number of rotatable bonds is 5. The number of nitrogens with zero attached hydrogens (tertiary/aromatic N) is 2. The van der Waals surface area contributed by atoms with E-state index in [2.05, 4.69) is 20.5 Å². The Morgan fingerprint density at radius 1 is 1.08 bits per heavy atom. The highest BCUT2D eigenvalue weighted by Crippen LogP contribution is 2.25. The standard InChI is InChI=1S/C17H14Cl2N4O/c18-13-8-4-7-12(15(13)19)17(24)20-10-9-14-21-16(23-22-14)11-5-2-1-3-6-11/h1-8H,9-10H2,(H,20,24)(H,21,22,23). The zero-order chi connectivity index (χ0) is 16.9. The number of benzene rings is 2. The highest BCUT2D eigenvalue weighted by Gasteiger charge is 2.12. The quantitative estimate of drug-likeness (QED) is 0.727. The number of hydrogen-bond acceptors (Lipinski definition) is 3. The molecule has 1 heterocycles. The summed E-state index contributed by atoms with van der Waals surface area (Å²) in [6.07, 6.45) is 0.532. The van der Waals surface area contributed by atoms with Gasteiger partial charge in [0.1, 0.15) is 5.82 Å². The third kappa shape index (κ3) is 3.75. The predicted molar refractivity (Wildman–Crippen MR) is 94.3 cm³/mol. The van der Waals surface area contributed by atoms with Crippen LogP contribution in [0.25, 0.3) is 11.4 Å². The van der Waals surface area contributed by atoms with Crippen molar-refractivity contribution in [3.63, 3.8) is 0 Å². The van der Waals surface area contributed by atoms with Gasteiger partial charge in [-0.15, -0.1) is 0 Å². The molecular weight excluding hydrogens is 347 g/mol. The Hall–Kier alpha value is -2.37. The molecule has 7 heteroatoms. The minimum absolute atomic E-state index is 0.252. The van der Waals surface area contributed by atoms with Gasteiger partial charge in [-0.3, -0.25) is 9.89 Å². The third-order valence-electron chi connectivity index (χ3n) is 3.41. The van der Waals surface area contributed by atoms with Gasteiger partial charge in [-0.05, 0) is 12.1 Å². The first-order valence-electron chi connectivity index (χ1n) is 7.34. The summed E-state index contributed by atoms with van der Waals surface area (Å²) in [6.45, 7) is 0.408. The van der Waals surface area contributed by atoms with E-state index in [-0.39, 0.29) is 10.9 Å². The molecule has 1 amide bonds. The first kappa shape index (κ1) is 16.5. The molecular formula is C17H14Cl2N4O. The Morgan fingerprint density at radius 3 is 2.67 bits per heavy atom. The van der Waals surface area contributed by atoms with Crippen LogP contribution in [0.4, 0.5) is 0 Å². The molecule has 0 radical (unpaired) electrons. The average molecular weight is 361 g/mol. The fourth-order valence-electron chi connectivity index (χ4n) is 2.19. The summed E-state index contributed by atoms with van der Waals surface area (Å²) in [7, 11) is 0. The Labute approximate surface area is 149 Å². The number of halogens is 2. The summed E-state index contributed by atoms with van der Waals surface area (Å²) >= 11 is 11.9. The number of hydrogen-bond donors (Lipinski definition) is 2. The Morgan fingerprint density at radius 2 is 1.88 bits per heavy atom. The summed E-state index contributed by atoms with van der Waals surface area (Å²) in [5.74, 6) is 1.06. The lowest BCUT2D eigenvalue weighted by atomic mass is 10.2. The first-order chi connectivity index (χ1) is 11.6. The molecule has 3 aromatic rings. The van der Waals surface area contributed by atoms with Gasteiger partial charge in [0.05, 0.1) is 15.6 Å². The van der Waals surface area contributed by atoms with E-state index in [4.69, 9.17) is 23.2 Å². The Balaban J connectivity index is 1.58. The number of aromatic amines is 1. The van der Waals surface area contributed by atoms with E-state index in [1.165, 1.54) is 0 Å². The first-order valence-corrected chi connectivity index (χ1v) is 8.09. The summed E-state index contributed by atoms with van der Waals surface area (Å²) in [4.78, 5) is 16.6. The number of carbonyl (C=O) groups is 1. The van der Waals surface area contributed by atoms with Crippen molar-refractivity contribution in [1.29, 1.82) is 0 Å². The monoisotopic (exact) mass is 360 g/mol. The van der Waals surface area contributed by atoms with Crippen LogP contribution in [0.3, 0.4) is 0 Å². The lowest BCUT2D eigenvalue weighted by Crippen LogP contribution is -2.26. The van der Waals surface area contributed by atoms with Crippen molar-refractivity contribution in [2.24, 2.45) is 0 Å². The van der Waals surface area contributed by atoms with Crippen molar-refractivity contribution < 1.29 is 4.79 Å². The molecule has 0 saturated heterocycles. The molecule has 0 unspecified atom stereocenters. The van der Waals surface area contributed by atoms with Gasteiger partial charge in [0.25, 0.3) is 5.91 Å². The zero-order valence-corrected chi connectivity index (χ0v) is 14.1. The normalized spacial score (nSPS) is 10.6. The van der Waals surface area contributed by atoms with E-state index >= 15 is 0 Å². The summed E-state index contributed by atoms with van der Waals surface area (Å²) in [5.41, 5.74) is 1.29. The van der Waals surface area contributed by atoms with Gasteiger partial charge in [0, 0.05) is 18.5 Å². The SMILES string of the molecule is O=C(NCCc1nc(-c2ccccc2)n[nH]1)c1cccc(Cl)c1Cl. The lowest BCUT2D eigenvalue weighted by molar-refractivity contribution is 0.0954. The largest absolute Gasteiger partial charge is 0.352 e. The summed E-state index contributed by atoms with van der Waals surface area (Å²) in [6, 6.07) is 14.6. The van der Waals surface area contributed by atoms with E-state index in [1.807, 2.05) is 30.3 Å². The van der Waals surface area contributed by atoms with Gasteiger partial charge in [-0.25, -0.2) is 4.98 Å². The maximum atomic E-state index is 12.1. The van der Waals surface area contributed by atoms with E-state index in [9.17, 15) is 4.79 Å². The molecule has 2 aromatic carbocycles. The van der Waals surface area contributed by atoms with E-state index < -0.39 is 0 Å². The summed E-state index contributed by atoms with van der Waals surface area (Å²) in [5, 5.41) is 10.5. The lowest BCUT2D eigenvalue weighted by Gasteiger charge is -2.06. The van der Waals surface area contributed by atoms with Crippen LogP contribution in [-0.2, 0) is 6.42 Å². The van der Waals surface area contributed by atoms with Crippen LogP contribution in [0.15, 0.2) is 48.5 Å². The van der Waals surface area contributed by atoms with Crippen molar-refractivity contribution >= 4 is 29.1 Å². The van der Waals surface area contributed by atoms with Gasteiger partial charge in [-0.1, -0.05) is 59.6 Å². The fourth-order valence-corrected chi connectivity index (χ4v) is 2.58. The maximum Gasteiger partial charge on any atom is 0.252 e. The predicted octanol–water partition coefficient (Wildman–Crippen LogP) is 3.75. The molecule has 122 valence electrons. The Kier molecular flexibility index (Phi) is 5.13. The topological polar surface area (TPSA) is 70.7 Å². The molecule has 5 nitrogen and oxygen atoms in total. The minimum Gasteiger partial charge on any atom is -0.352 e. The average Bonchev–Trinajstić information content (AvgIpc) is 3.07. The zero-order valence-electron chi connectivity index (χ0n) is 12.6. The molecule has 0 spiro atoms. The van der Waals surface area contributed by atoms with Crippen LogP contribution < -0.4 is 5.32 Å². The second-order valence-electron chi connectivity index (χ2n) is 5.08. The molecule has 0 fully saturated rings. The molecule has 0 aliphatic rings. The molecule has 1 aromatic heterocycles. The van der Waals surface area contributed by atoms with E-state index in [1.54, 1.807) is 18.2 Å². The number of amides is 1. The summed E-state index contributed by atoms with van der Waals surface area (Å²) < 4.78 is 0. The van der Waals surface area contributed by atoms with Gasteiger partial charge in [0.2, 0.25) is 0 Å². The van der Waals surface area contributed by atoms with Crippen LogP contribution in [0.5, 0.6) is 0 Å². The number of nitrogens with one attached hydrogen (secondary N) is 2. The van der Waals surface area contributed by atoms with Crippen LogP contribution >= 0.6 is 23.2 Å². The van der Waals surface area contributed by atoms with Crippen LogP contribution in [0, 0.1) is 0 Å². The molecule has 0 saturated carbocycles. The number of carbonyl (C=O) groups excluding carboxylic acids is 1. The van der Waals surface area contributed by atoms with Crippen LogP contribution in [0.1, 0.15) is 16.2 Å². The molecule has 0 aliphatic carbocycles. The van der Waals surface area contributed by atoms with Crippen LogP contribution in [0.2, 0.25) is 10.0 Å². The molecule has 0 bridgehead atoms. The maximum absolute atomic E-state index is 12.1.